The Morgan fingerprint density at radius 3 is 2.73 bits per heavy atom. The maximum Gasteiger partial charge on any atom is 0.322 e. The molecule has 3 heterocycles. The van der Waals surface area contributed by atoms with E-state index < -0.39 is 5.91 Å². The third kappa shape index (κ3) is 2.86. The Morgan fingerprint density at radius 2 is 2.09 bits per heavy atom. The van der Waals surface area contributed by atoms with Gasteiger partial charge >= 0.3 is 6.01 Å². The first-order valence-electron chi connectivity index (χ1n) is 6.42. The minimum atomic E-state index is -0.576. The molecule has 0 aliphatic carbocycles. The van der Waals surface area contributed by atoms with Crippen molar-refractivity contribution in [3.05, 3.63) is 10.4 Å². The van der Waals surface area contributed by atoms with Gasteiger partial charge in [-0.25, -0.2) is 4.98 Å². The van der Waals surface area contributed by atoms with E-state index in [1.165, 1.54) is 11.3 Å². The fraction of sp³-hybridized carbons (Fsp3) is 0.333. The topological polar surface area (TPSA) is 118 Å². The fourth-order valence-electron chi connectivity index (χ4n) is 1.94. The normalized spacial score (nSPS) is 14.7. The van der Waals surface area contributed by atoms with E-state index in [1.54, 1.807) is 5.38 Å². The summed E-state index contributed by atoms with van der Waals surface area (Å²) in [7, 11) is 0. The first kappa shape index (κ1) is 14.3. The maximum atomic E-state index is 11.8. The van der Waals surface area contributed by atoms with Crippen molar-refractivity contribution in [1.82, 2.24) is 20.1 Å². The van der Waals surface area contributed by atoms with Crippen LogP contribution >= 0.6 is 11.3 Å². The number of hydrogen-bond donors (Lipinski definition) is 1. The van der Waals surface area contributed by atoms with E-state index in [-0.39, 0.29) is 43.1 Å². The van der Waals surface area contributed by atoms with Gasteiger partial charge in [-0.15, -0.1) is 16.4 Å². The average molecular weight is 321 g/mol. The van der Waals surface area contributed by atoms with Gasteiger partial charge < -0.3 is 4.42 Å². The number of nitrogens with zero attached hydrogens (tertiary/aromatic N) is 4. The fourth-order valence-corrected chi connectivity index (χ4v) is 2.53. The van der Waals surface area contributed by atoms with Crippen LogP contribution in [0.3, 0.4) is 0 Å². The Kier molecular flexibility index (Phi) is 3.67. The molecule has 10 heteroatoms. The molecule has 0 spiro atoms. The highest BCUT2D eigenvalue weighted by Crippen LogP contribution is 2.21. The van der Waals surface area contributed by atoms with E-state index in [2.05, 4.69) is 20.5 Å². The molecule has 1 aliphatic heterocycles. The highest BCUT2D eigenvalue weighted by Gasteiger charge is 2.30. The van der Waals surface area contributed by atoms with Crippen LogP contribution in [0.5, 0.6) is 0 Å². The van der Waals surface area contributed by atoms with Crippen molar-refractivity contribution >= 4 is 35.1 Å². The summed E-state index contributed by atoms with van der Waals surface area (Å²) < 4.78 is 5.27. The zero-order valence-corrected chi connectivity index (χ0v) is 12.3. The van der Waals surface area contributed by atoms with Gasteiger partial charge in [-0.3, -0.25) is 24.6 Å². The molecule has 2 aromatic rings. The first-order chi connectivity index (χ1) is 10.5. The number of anilines is 1. The quantitative estimate of drug-likeness (QED) is 0.818. The predicted octanol–water partition coefficient (Wildman–Crippen LogP) is 0.589. The molecule has 22 heavy (non-hydrogen) atoms. The second kappa shape index (κ2) is 5.64. The molecule has 0 aromatic carbocycles. The highest BCUT2D eigenvalue weighted by molar-refractivity contribution is 7.09. The minimum absolute atomic E-state index is 0.107. The molecule has 1 fully saturated rings. The Hall–Kier alpha value is -2.62. The summed E-state index contributed by atoms with van der Waals surface area (Å²) >= 11 is 1.44. The lowest BCUT2D eigenvalue weighted by Gasteiger charge is -2.11. The Bertz CT molecular complexity index is 736. The number of hydrogen-bond acceptors (Lipinski definition) is 8. The summed E-state index contributed by atoms with van der Waals surface area (Å²) in [6, 6.07) is -0.107. The summed E-state index contributed by atoms with van der Waals surface area (Å²) in [5, 5.41) is 12.4. The van der Waals surface area contributed by atoms with Crippen molar-refractivity contribution in [2.45, 2.75) is 19.8 Å². The van der Waals surface area contributed by atoms with Gasteiger partial charge in [-0.2, -0.15) is 0 Å². The van der Waals surface area contributed by atoms with Crippen molar-refractivity contribution in [2.24, 2.45) is 0 Å². The zero-order chi connectivity index (χ0) is 15.7. The van der Waals surface area contributed by atoms with Crippen molar-refractivity contribution in [3.8, 4) is 11.6 Å². The summed E-state index contributed by atoms with van der Waals surface area (Å²) in [6.45, 7) is 1.49. The van der Waals surface area contributed by atoms with Crippen LogP contribution in [0.2, 0.25) is 0 Å². The minimum Gasteiger partial charge on any atom is -0.401 e. The van der Waals surface area contributed by atoms with Crippen molar-refractivity contribution in [2.75, 3.05) is 11.9 Å². The SMILES string of the molecule is Cc1nc(-c2nnc(NC(=O)CN3C(=O)CCC3=O)o2)cs1. The smallest absolute Gasteiger partial charge is 0.322 e. The molecule has 0 saturated carbocycles. The second-order valence-corrected chi connectivity index (χ2v) is 5.65. The molecular weight excluding hydrogens is 310 g/mol. The number of amides is 3. The summed E-state index contributed by atoms with van der Waals surface area (Å²) in [4.78, 5) is 39.8. The van der Waals surface area contributed by atoms with E-state index in [0.717, 1.165) is 9.91 Å². The number of aromatic nitrogens is 3. The standard InChI is InChI=1S/C12H11N5O4S/c1-6-13-7(5-22-6)11-15-16-12(21-11)14-8(18)4-17-9(19)2-3-10(17)20/h5H,2-4H2,1H3,(H,14,16,18). The lowest BCUT2D eigenvalue weighted by molar-refractivity contribution is -0.141. The Morgan fingerprint density at radius 1 is 1.36 bits per heavy atom. The third-order valence-corrected chi connectivity index (χ3v) is 3.74. The largest absolute Gasteiger partial charge is 0.401 e. The van der Waals surface area contributed by atoms with E-state index in [9.17, 15) is 14.4 Å². The van der Waals surface area contributed by atoms with Crippen LogP contribution in [0.15, 0.2) is 9.80 Å². The number of aryl methyl sites for hydroxylation is 1. The summed E-state index contributed by atoms with van der Waals surface area (Å²) in [6.07, 6.45) is 0.278. The van der Waals surface area contributed by atoms with Crippen LogP contribution in [0.4, 0.5) is 6.01 Å². The van der Waals surface area contributed by atoms with E-state index in [0.29, 0.717) is 5.69 Å². The monoisotopic (exact) mass is 321 g/mol. The molecule has 0 bridgehead atoms. The number of thiazole rings is 1. The summed E-state index contributed by atoms with van der Waals surface area (Å²) in [5.41, 5.74) is 0.528. The highest BCUT2D eigenvalue weighted by atomic mass is 32.1. The number of carbonyl (C=O) groups is 3. The van der Waals surface area contributed by atoms with Crippen LogP contribution in [-0.2, 0) is 14.4 Å². The Balaban J connectivity index is 1.64. The van der Waals surface area contributed by atoms with Gasteiger partial charge in [0.25, 0.3) is 5.89 Å². The van der Waals surface area contributed by atoms with Crippen LogP contribution in [0, 0.1) is 6.92 Å². The van der Waals surface area contributed by atoms with E-state index >= 15 is 0 Å². The van der Waals surface area contributed by atoms with Gasteiger partial charge in [-0.05, 0) is 6.92 Å². The van der Waals surface area contributed by atoms with Gasteiger partial charge in [0.1, 0.15) is 12.2 Å². The Labute approximate surface area is 128 Å². The van der Waals surface area contributed by atoms with Crippen molar-refractivity contribution in [3.63, 3.8) is 0 Å². The number of rotatable bonds is 4. The number of imide groups is 1. The van der Waals surface area contributed by atoms with Gasteiger partial charge in [0.15, 0.2) is 0 Å². The molecule has 3 amide bonds. The van der Waals surface area contributed by atoms with E-state index in [1.807, 2.05) is 6.92 Å². The lowest BCUT2D eigenvalue weighted by atomic mass is 10.4. The van der Waals surface area contributed by atoms with Crippen molar-refractivity contribution < 1.29 is 18.8 Å². The maximum absolute atomic E-state index is 11.8. The van der Waals surface area contributed by atoms with Crippen LogP contribution < -0.4 is 5.32 Å². The third-order valence-electron chi connectivity index (χ3n) is 2.97. The molecule has 3 rings (SSSR count). The van der Waals surface area contributed by atoms with Gasteiger partial charge in [0.05, 0.1) is 5.01 Å². The molecular formula is C12H11N5O4S. The molecule has 1 N–H and O–H groups in total. The van der Waals surface area contributed by atoms with Gasteiger partial charge in [-0.1, -0.05) is 5.10 Å². The van der Waals surface area contributed by atoms with Gasteiger partial charge in [0.2, 0.25) is 17.7 Å². The average Bonchev–Trinajstić information content (AvgIpc) is 3.16. The molecule has 0 unspecified atom stereocenters. The van der Waals surface area contributed by atoms with Crippen molar-refractivity contribution in [1.29, 1.82) is 0 Å². The zero-order valence-electron chi connectivity index (χ0n) is 11.5. The number of nitrogens with one attached hydrogen (secondary N) is 1. The molecule has 9 nitrogen and oxygen atoms in total. The predicted molar refractivity (Wildman–Crippen MR) is 74.7 cm³/mol. The first-order valence-corrected chi connectivity index (χ1v) is 7.30. The van der Waals surface area contributed by atoms with Gasteiger partial charge in [0, 0.05) is 18.2 Å². The van der Waals surface area contributed by atoms with E-state index in [4.69, 9.17) is 4.42 Å². The molecule has 2 aromatic heterocycles. The lowest BCUT2D eigenvalue weighted by Crippen LogP contribution is -2.36. The molecule has 1 aliphatic rings. The van der Waals surface area contributed by atoms with Crippen LogP contribution in [0.25, 0.3) is 11.6 Å². The second-order valence-electron chi connectivity index (χ2n) is 4.59. The van der Waals surface area contributed by atoms with Crippen LogP contribution in [0.1, 0.15) is 17.8 Å². The number of carbonyl (C=O) groups excluding carboxylic acids is 3. The molecule has 0 radical (unpaired) electrons. The molecule has 0 atom stereocenters. The van der Waals surface area contributed by atoms with Crippen LogP contribution in [-0.4, -0.2) is 44.3 Å². The summed E-state index contributed by atoms with van der Waals surface area (Å²) in [5.74, 6) is -1.10. The molecule has 1 saturated heterocycles. The number of likely N-dealkylation sites (tertiary alicyclic amines) is 1. The molecule has 114 valence electrons.